The Hall–Kier alpha value is -3.05. The second kappa shape index (κ2) is 11.0. The number of ether oxygens (including phenoxy) is 2. The Labute approximate surface area is 189 Å². The molecule has 2 aromatic rings. The number of benzene rings is 2. The van der Waals surface area contributed by atoms with Crippen LogP contribution in [0.25, 0.3) is 0 Å². The van der Waals surface area contributed by atoms with Crippen molar-refractivity contribution < 1.29 is 37.2 Å². The molecule has 0 aliphatic rings. The van der Waals surface area contributed by atoms with Gasteiger partial charge in [-0.15, -0.1) is 0 Å². The molecule has 2 aromatic carbocycles. The largest absolute Gasteiger partial charge is 0.492 e. The summed E-state index contributed by atoms with van der Waals surface area (Å²) in [4.78, 5) is 33.3. The van der Waals surface area contributed by atoms with Crippen LogP contribution in [0.5, 0.6) is 5.75 Å². The number of hydrogen-bond acceptors (Lipinski definition) is 6. The van der Waals surface area contributed by atoms with Gasteiger partial charge in [0, 0.05) is 23.6 Å². The molecule has 0 aromatic heterocycles. The first kappa shape index (κ1) is 25.2. The molecule has 2 rings (SSSR count). The number of carbonyl (C=O) groups excluding carboxylic acids is 2. The molecule has 0 heterocycles. The molecule has 172 valence electrons. The summed E-state index contributed by atoms with van der Waals surface area (Å²) in [7, 11) is 0. The number of nitro benzene ring substituents is 1. The van der Waals surface area contributed by atoms with Gasteiger partial charge in [0.25, 0.3) is 11.6 Å². The number of esters is 1. The van der Waals surface area contributed by atoms with Crippen molar-refractivity contribution in [3.8, 4) is 5.75 Å². The lowest BCUT2D eigenvalue weighted by molar-refractivity contribution is -0.385. The van der Waals surface area contributed by atoms with E-state index in [1.165, 1.54) is 6.07 Å². The van der Waals surface area contributed by atoms with Gasteiger partial charge in [0.1, 0.15) is 5.75 Å². The van der Waals surface area contributed by atoms with Gasteiger partial charge in [-0.3, -0.25) is 19.7 Å². The molecule has 1 amide bonds. The lowest BCUT2D eigenvalue weighted by atomic mass is 10.1. The Morgan fingerprint density at radius 3 is 2.47 bits per heavy atom. The van der Waals surface area contributed by atoms with Gasteiger partial charge in [0.15, 0.2) is 6.61 Å². The van der Waals surface area contributed by atoms with Gasteiger partial charge < -0.3 is 14.8 Å². The fraction of sp³-hybridized carbons (Fsp3) is 0.263. The minimum atomic E-state index is -4.95. The zero-order valence-corrected chi connectivity index (χ0v) is 17.6. The molecule has 0 radical (unpaired) electrons. The van der Waals surface area contributed by atoms with E-state index in [-0.39, 0.29) is 19.4 Å². The summed E-state index contributed by atoms with van der Waals surface area (Å²) < 4.78 is 49.4. The van der Waals surface area contributed by atoms with E-state index in [2.05, 4.69) is 0 Å². The highest BCUT2D eigenvalue weighted by molar-refractivity contribution is 6.35. The van der Waals surface area contributed by atoms with Crippen LogP contribution >= 0.6 is 23.2 Å². The van der Waals surface area contributed by atoms with Gasteiger partial charge in [-0.05, 0) is 30.7 Å². The Morgan fingerprint density at radius 2 is 1.84 bits per heavy atom. The van der Waals surface area contributed by atoms with Gasteiger partial charge in [0.2, 0.25) is 0 Å². The van der Waals surface area contributed by atoms with Crippen molar-refractivity contribution in [1.29, 1.82) is 0 Å². The molecule has 0 aliphatic carbocycles. The Kier molecular flexibility index (Phi) is 8.67. The molecule has 32 heavy (non-hydrogen) atoms. The summed E-state index contributed by atoms with van der Waals surface area (Å²) >= 11 is 11.7. The predicted molar refractivity (Wildman–Crippen MR) is 109 cm³/mol. The molecule has 0 bridgehead atoms. The normalized spacial score (nSPS) is 11.0. The van der Waals surface area contributed by atoms with Crippen LogP contribution in [-0.2, 0) is 20.5 Å². The number of carbonyl (C=O) groups is 2. The maximum atomic E-state index is 13.1. The third-order valence-corrected chi connectivity index (χ3v) is 4.36. The zero-order chi connectivity index (χ0) is 23.9. The van der Waals surface area contributed by atoms with Crippen molar-refractivity contribution in [2.45, 2.75) is 19.0 Å². The molecular weight excluding hydrogens is 480 g/mol. The first-order valence-corrected chi connectivity index (χ1v) is 9.62. The van der Waals surface area contributed by atoms with Gasteiger partial charge in [-0.2, -0.15) is 13.2 Å². The third-order valence-electron chi connectivity index (χ3n) is 3.83. The number of halogens is 5. The van der Waals surface area contributed by atoms with Gasteiger partial charge in [0.05, 0.1) is 27.8 Å². The second-order valence-electron chi connectivity index (χ2n) is 6.22. The fourth-order valence-corrected chi connectivity index (χ4v) is 2.85. The molecule has 0 aliphatic heterocycles. The molecule has 0 saturated carbocycles. The molecule has 0 spiro atoms. The van der Waals surface area contributed by atoms with E-state index in [0.717, 1.165) is 12.1 Å². The second-order valence-corrected chi connectivity index (χ2v) is 7.06. The van der Waals surface area contributed by atoms with Crippen LogP contribution in [0.4, 0.5) is 24.5 Å². The summed E-state index contributed by atoms with van der Waals surface area (Å²) in [5, 5.41) is 13.3. The van der Waals surface area contributed by atoms with Crippen LogP contribution in [0.2, 0.25) is 10.0 Å². The SMILES string of the molecule is O=C(COC(=O)CCCOc1ccc(Cl)cc1Cl)Nc1ccc([N+](=O)[O-])cc1C(F)(F)F. The highest BCUT2D eigenvalue weighted by Gasteiger charge is 2.35. The average molecular weight is 495 g/mol. The number of rotatable bonds is 9. The molecule has 1 N–H and O–H groups in total. The third kappa shape index (κ3) is 7.57. The maximum absolute atomic E-state index is 13.1. The van der Waals surface area contributed by atoms with Crippen molar-refractivity contribution in [3.05, 3.63) is 62.1 Å². The number of anilines is 1. The zero-order valence-electron chi connectivity index (χ0n) is 16.1. The van der Waals surface area contributed by atoms with Crippen LogP contribution in [0.1, 0.15) is 18.4 Å². The van der Waals surface area contributed by atoms with E-state index < -0.39 is 46.5 Å². The van der Waals surface area contributed by atoms with Crippen molar-refractivity contribution in [3.63, 3.8) is 0 Å². The van der Waals surface area contributed by atoms with E-state index in [0.29, 0.717) is 21.9 Å². The molecule has 0 saturated heterocycles. The Bertz CT molecular complexity index is 1020. The van der Waals surface area contributed by atoms with E-state index in [1.807, 2.05) is 5.32 Å². The van der Waals surface area contributed by atoms with Crippen LogP contribution in [0.3, 0.4) is 0 Å². The number of nitrogens with zero attached hydrogens (tertiary/aromatic N) is 1. The lowest BCUT2D eigenvalue weighted by Crippen LogP contribution is -2.23. The van der Waals surface area contributed by atoms with Crippen molar-refractivity contribution in [2.75, 3.05) is 18.5 Å². The smallest absolute Gasteiger partial charge is 0.418 e. The van der Waals surface area contributed by atoms with Gasteiger partial charge in [-0.1, -0.05) is 23.2 Å². The number of nitrogens with one attached hydrogen (secondary N) is 1. The van der Waals surface area contributed by atoms with Gasteiger partial charge in [-0.25, -0.2) is 0 Å². The van der Waals surface area contributed by atoms with Gasteiger partial charge >= 0.3 is 12.1 Å². The summed E-state index contributed by atoms with van der Waals surface area (Å²) in [5.74, 6) is -1.44. The van der Waals surface area contributed by atoms with Crippen LogP contribution in [0, 0.1) is 10.1 Å². The molecule has 0 atom stereocenters. The highest BCUT2D eigenvalue weighted by Crippen LogP contribution is 2.37. The Morgan fingerprint density at radius 1 is 1.12 bits per heavy atom. The highest BCUT2D eigenvalue weighted by atomic mass is 35.5. The molecule has 0 fully saturated rings. The number of nitro groups is 1. The van der Waals surface area contributed by atoms with Crippen molar-refractivity contribution in [1.82, 2.24) is 0 Å². The van der Waals surface area contributed by atoms with Crippen LogP contribution in [-0.4, -0.2) is 30.0 Å². The quantitative estimate of drug-likeness (QED) is 0.220. The molecule has 8 nitrogen and oxygen atoms in total. The monoisotopic (exact) mass is 494 g/mol. The van der Waals surface area contributed by atoms with Crippen molar-refractivity contribution >= 4 is 46.5 Å². The van der Waals surface area contributed by atoms with E-state index >= 15 is 0 Å². The summed E-state index contributed by atoms with van der Waals surface area (Å²) in [6, 6.07) is 6.48. The first-order chi connectivity index (χ1) is 15.0. The minimum Gasteiger partial charge on any atom is -0.492 e. The lowest BCUT2D eigenvalue weighted by Gasteiger charge is -2.13. The summed E-state index contributed by atoms with van der Waals surface area (Å²) in [6.07, 6.45) is -4.85. The summed E-state index contributed by atoms with van der Waals surface area (Å²) in [5.41, 5.74) is -2.88. The number of alkyl halides is 3. The molecule has 13 heteroatoms. The van der Waals surface area contributed by atoms with Crippen LogP contribution in [0.15, 0.2) is 36.4 Å². The number of amides is 1. The van der Waals surface area contributed by atoms with Crippen molar-refractivity contribution in [2.24, 2.45) is 0 Å². The number of hydrogen-bond donors (Lipinski definition) is 1. The fourth-order valence-electron chi connectivity index (χ4n) is 2.38. The maximum Gasteiger partial charge on any atom is 0.418 e. The topological polar surface area (TPSA) is 108 Å². The van der Waals surface area contributed by atoms with Crippen LogP contribution < -0.4 is 10.1 Å². The number of non-ortho nitro benzene ring substituents is 1. The Balaban J connectivity index is 1.81. The standard InChI is InChI=1S/C19H15Cl2F3N2O6/c20-11-3-6-16(14(21)8-11)31-7-1-2-18(28)32-10-17(27)25-15-5-4-12(26(29)30)9-13(15)19(22,23)24/h3-6,8-9H,1-2,7,10H2,(H,25,27). The minimum absolute atomic E-state index is 0.111. The average Bonchev–Trinajstić information content (AvgIpc) is 2.70. The molecule has 0 unspecified atom stereocenters. The summed E-state index contributed by atoms with van der Waals surface area (Å²) in [6.45, 7) is -0.725. The predicted octanol–water partition coefficient (Wildman–Crippen LogP) is 5.26. The van der Waals surface area contributed by atoms with E-state index in [4.69, 9.17) is 32.7 Å². The van der Waals surface area contributed by atoms with E-state index in [9.17, 15) is 32.9 Å². The first-order valence-electron chi connectivity index (χ1n) is 8.86. The molecular formula is C19H15Cl2F3N2O6. The van der Waals surface area contributed by atoms with E-state index in [1.54, 1.807) is 12.1 Å².